The Hall–Kier alpha value is -4.13. The number of carboxylic acids is 1. The predicted octanol–water partition coefficient (Wildman–Crippen LogP) is 5.24. The first kappa shape index (κ1) is 25.0. The average molecular weight is 488 g/mol. The van der Waals surface area contributed by atoms with Gasteiger partial charge in [0.2, 0.25) is 0 Å². The van der Waals surface area contributed by atoms with E-state index in [1.54, 1.807) is 13.8 Å². The largest absolute Gasteiger partial charge is 0.481 e. The normalized spacial score (nSPS) is 13.3. The van der Waals surface area contributed by atoms with Crippen LogP contribution < -0.4 is 5.32 Å². The monoisotopic (exact) mass is 487 g/mol. The Bertz CT molecular complexity index is 1210. The minimum atomic E-state index is -1.17. The second kappa shape index (κ2) is 10.6. The summed E-state index contributed by atoms with van der Waals surface area (Å²) in [6, 6.07) is 24.0. The first-order valence-electron chi connectivity index (χ1n) is 11.9. The van der Waals surface area contributed by atoms with Gasteiger partial charge in [0.1, 0.15) is 18.2 Å². The highest BCUT2D eigenvalue weighted by Gasteiger charge is 2.33. The Morgan fingerprint density at radius 1 is 0.889 bits per heavy atom. The molecule has 0 radical (unpaired) electrons. The number of alkyl carbamates (subject to hydrolysis) is 1. The van der Waals surface area contributed by atoms with E-state index in [1.807, 2.05) is 78.9 Å². The number of fused-ring (bicyclic) bond motifs is 3. The van der Waals surface area contributed by atoms with E-state index in [0.717, 1.165) is 27.8 Å². The number of carbonyl (C=O) groups is 3. The quantitative estimate of drug-likeness (QED) is 0.401. The molecule has 7 heteroatoms. The molecule has 0 aliphatic heterocycles. The van der Waals surface area contributed by atoms with Gasteiger partial charge in [0.25, 0.3) is 0 Å². The lowest BCUT2D eigenvalue weighted by Crippen LogP contribution is -2.45. The van der Waals surface area contributed by atoms with Gasteiger partial charge in [-0.15, -0.1) is 0 Å². The summed E-state index contributed by atoms with van der Waals surface area (Å²) in [5, 5.41) is 11.6. The summed E-state index contributed by atoms with van der Waals surface area (Å²) in [5.41, 5.74) is 4.15. The molecule has 186 valence electrons. The smallest absolute Gasteiger partial charge is 0.407 e. The van der Waals surface area contributed by atoms with E-state index in [-0.39, 0.29) is 25.4 Å². The number of hydrogen-bond acceptors (Lipinski definition) is 5. The molecule has 3 aromatic carbocycles. The van der Waals surface area contributed by atoms with Crippen molar-refractivity contribution in [3.63, 3.8) is 0 Å². The maximum atomic E-state index is 13.0. The fourth-order valence-corrected chi connectivity index (χ4v) is 4.52. The van der Waals surface area contributed by atoms with Crippen molar-refractivity contribution < 1.29 is 29.0 Å². The number of benzene rings is 3. The van der Waals surface area contributed by atoms with Gasteiger partial charge in [-0.05, 0) is 48.1 Å². The fraction of sp³-hybridized carbons (Fsp3) is 0.276. The van der Waals surface area contributed by atoms with Crippen LogP contribution in [-0.2, 0) is 24.7 Å². The van der Waals surface area contributed by atoms with Gasteiger partial charge in [-0.1, -0.05) is 78.9 Å². The summed E-state index contributed by atoms with van der Waals surface area (Å²) in [6.45, 7) is 3.56. The Morgan fingerprint density at radius 3 is 2.03 bits per heavy atom. The van der Waals surface area contributed by atoms with Crippen LogP contribution in [0.15, 0.2) is 78.9 Å². The Labute approximate surface area is 210 Å². The highest BCUT2D eigenvalue weighted by atomic mass is 16.6. The zero-order chi connectivity index (χ0) is 25.7. The molecular formula is C29H29NO6. The highest BCUT2D eigenvalue weighted by molar-refractivity contribution is 5.83. The summed E-state index contributed by atoms with van der Waals surface area (Å²) >= 11 is 0. The molecule has 36 heavy (non-hydrogen) atoms. The molecule has 0 spiro atoms. The molecule has 1 aliphatic rings. The Morgan fingerprint density at radius 2 is 1.44 bits per heavy atom. The topological polar surface area (TPSA) is 102 Å². The molecule has 0 bridgehead atoms. The zero-order valence-corrected chi connectivity index (χ0v) is 20.3. The number of esters is 1. The van der Waals surface area contributed by atoms with Gasteiger partial charge < -0.3 is 19.9 Å². The van der Waals surface area contributed by atoms with E-state index >= 15 is 0 Å². The fourth-order valence-electron chi connectivity index (χ4n) is 4.52. The number of hydrogen-bond donors (Lipinski definition) is 2. The molecule has 0 fully saturated rings. The van der Waals surface area contributed by atoms with Gasteiger partial charge >= 0.3 is 18.0 Å². The number of rotatable bonds is 9. The highest BCUT2D eigenvalue weighted by Crippen LogP contribution is 2.44. The van der Waals surface area contributed by atoms with Gasteiger partial charge in [0.15, 0.2) is 0 Å². The van der Waals surface area contributed by atoms with Crippen molar-refractivity contribution in [3.05, 3.63) is 95.6 Å². The minimum Gasteiger partial charge on any atom is -0.481 e. The molecule has 1 atom stereocenters. The molecule has 7 nitrogen and oxygen atoms in total. The number of carboxylic acid groups (broad SMARTS) is 1. The van der Waals surface area contributed by atoms with Gasteiger partial charge in [-0.3, -0.25) is 4.79 Å². The lowest BCUT2D eigenvalue weighted by Gasteiger charge is -2.28. The first-order chi connectivity index (χ1) is 17.3. The van der Waals surface area contributed by atoms with Gasteiger partial charge in [-0.25, -0.2) is 9.59 Å². The van der Waals surface area contributed by atoms with Crippen LogP contribution in [0.3, 0.4) is 0 Å². The van der Waals surface area contributed by atoms with Gasteiger partial charge in [0.05, 0.1) is 0 Å². The van der Waals surface area contributed by atoms with Crippen molar-refractivity contribution in [2.24, 2.45) is 0 Å². The lowest BCUT2D eigenvalue weighted by molar-refractivity contribution is -0.160. The number of carbonyl (C=O) groups excluding carboxylic acids is 2. The molecule has 4 rings (SSSR count). The number of amides is 1. The Balaban J connectivity index is 1.43. The zero-order valence-electron chi connectivity index (χ0n) is 20.3. The van der Waals surface area contributed by atoms with Crippen LogP contribution in [0.25, 0.3) is 11.1 Å². The number of ether oxygens (including phenoxy) is 2. The summed E-state index contributed by atoms with van der Waals surface area (Å²) in [6.07, 6.45) is -1.24. The van der Waals surface area contributed by atoms with Gasteiger partial charge in [0, 0.05) is 12.3 Å². The van der Waals surface area contributed by atoms with Crippen molar-refractivity contribution in [2.75, 3.05) is 6.61 Å². The molecule has 3 aromatic rings. The number of nitrogens with one attached hydrogen (secondary N) is 1. The number of aliphatic carboxylic acids is 1. The molecule has 2 N–H and O–H groups in total. The molecule has 1 aliphatic carbocycles. The van der Waals surface area contributed by atoms with Gasteiger partial charge in [-0.2, -0.15) is 0 Å². The molecular weight excluding hydrogens is 458 g/mol. The second-order valence-corrected chi connectivity index (χ2v) is 9.25. The van der Waals surface area contributed by atoms with E-state index in [2.05, 4.69) is 5.32 Å². The SMILES string of the molecule is CC(C)(OC(=O)[C@H](CCC(=O)O)NC(=O)OCC1c2ccccc2-c2ccccc21)c1ccccc1. The van der Waals surface area contributed by atoms with E-state index in [4.69, 9.17) is 14.6 Å². The van der Waals surface area contributed by atoms with Crippen LogP contribution in [0.1, 0.15) is 49.3 Å². The third kappa shape index (κ3) is 5.57. The Kier molecular flexibility index (Phi) is 7.38. The molecule has 0 saturated heterocycles. The van der Waals surface area contributed by atoms with E-state index in [0.29, 0.717) is 0 Å². The summed E-state index contributed by atoms with van der Waals surface area (Å²) < 4.78 is 11.2. The van der Waals surface area contributed by atoms with Crippen molar-refractivity contribution in [1.82, 2.24) is 5.32 Å². The van der Waals surface area contributed by atoms with Crippen molar-refractivity contribution >= 4 is 18.0 Å². The van der Waals surface area contributed by atoms with Crippen LogP contribution in [0, 0.1) is 0 Å². The van der Waals surface area contributed by atoms with Crippen molar-refractivity contribution in [3.8, 4) is 11.1 Å². The van der Waals surface area contributed by atoms with Crippen LogP contribution in [-0.4, -0.2) is 35.8 Å². The van der Waals surface area contributed by atoms with E-state index < -0.39 is 29.7 Å². The molecule has 1 amide bonds. The van der Waals surface area contributed by atoms with Crippen LogP contribution in [0.5, 0.6) is 0 Å². The minimum absolute atomic E-state index is 0.0794. The summed E-state index contributed by atoms with van der Waals surface area (Å²) in [7, 11) is 0. The first-order valence-corrected chi connectivity index (χ1v) is 11.9. The summed E-state index contributed by atoms with van der Waals surface area (Å²) in [4.78, 5) is 36.9. The maximum Gasteiger partial charge on any atom is 0.407 e. The second-order valence-electron chi connectivity index (χ2n) is 9.25. The molecule has 0 saturated carbocycles. The van der Waals surface area contributed by atoms with E-state index in [9.17, 15) is 14.4 Å². The van der Waals surface area contributed by atoms with Crippen LogP contribution >= 0.6 is 0 Å². The van der Waals surface area contributed by atoms with E-state index in [1.165, 1.54) is 0 Å². The van der Waals surface area contributed by atoms with Crippen LogP contribution in [0.2, 0.25) is 0 Å². The third-order valence-corrected chi connectivity index (χ3v) is 6.39. The molecule has 0 heterocycles. The average Bonchev–Trinajstić information content (AvgIpc) is 3.19. The standard InChI is InChI=1S/C29H29NO6/c1-29(2,19-10-4-3-5-11-19)36-27(33)25(16-17-26(31)32)30-28(34)35-18-24-22-14-8-6-12-20(22)21-13-7-9-15-23(21)24/h3-15,24-25H,16-18H2,1-2H3,(H,30,34)(H,31,32)/t25-/m0/s1. The van der Waals surface area contributed by atoms with Crippen LogP contribution in [0.4, 0.5) is 4.79 Å². The van der Waals surface area contributed by atoms with Crippen molar-refractivity contribution in [2.45, 2.75) is 44.2 Å². The lowest BCUT2D eigenvalue weighted by atomic mass is 9.98. The maximum absolute atomic E-state index is 13.0. The summed E-state index contributed by atoms with van der Waals surface area (Å²) in [5.74, 6) is -1.94. The predicted molar refractivity (Wildman–Crippen MR) is 134 cm³/mol. The third-order valence-electron chi connectivity index (χ3n) is 6.39. The molecule has 0 aromatic heterocycles. The van der Waals surface area contributed by atoms with Crippen molar-refractivity contribution in [1.29, 1.82) is 0 Å². The molecule has 0 unspecified atom stereocenters.